The van der Waals surface area contributed by atoms with Crippen LogP contribution in [0.4, 0.5) is 18.9 Å². The van der Waals surface area contributed by atoms with Crippen molar-refractivity contribution >= 4 is 15.5 Å². The highest BCUT2D eigenvalue weighted by Crippen LogP contribution is 2.35. The summed E-state index contributed by atoms with van der Waals surface area (Å²) in [6.07, 6.45) is 0. The van der Waals surface area contributed by atoms with Crippen LogP contribution in [0.25, 0.3) is 0 Å². The molecular formula is C15H21F3N2O3S. The number of sulfone groups is 1. The summed E-state index contributed by atoms with van der Waals surface area (Å²) >= 11 is 0. The number of anilines is 1. The number of hydrogen-bond acceptors (Lipinski definition) is 5. The molecule has 1 fully saturated rings. The number of rotatable bonds is 5. The van der Waals surface area contributed by atoms with E-state index in [1.54, 1.807) is 13.2 Å². The van der Waals surface area contributed by atoms with Gasteiger partial charge in [0.15, 0.2) is 0 Å². The smallest absolute Gasteiger partial charge is 0.383 e. The van der Waals surface area contributed by atoms with Crippen molar-refractivity contribution < 1.29 is 26.3 Å². The fraction of sp³-hybridized carbons (Fsp3) is 0.600. The molecule has 0 bridgehead atoms. The summed E-state index contributed by atoms with van der Waals surface area (Å²) in [7, 11) is -3.71. The van der Waals surface area contributed by atoms with E-state index in [4.69, 9.17) is 4.74 Å². The molecule has 0 spiro atoms. The molecule has 0 aromatic heterocycles. The van der Waals surface area contributed by atoms with Crippen LogP contribution in [0, 0.1) is 6.92 Å². The minimum atomic E-state index is -5.34. The lowest BCUT2D eigenvalue weighted by Gasteiger charge is -2.37. The Kier molecular flexibility index (Phi) is 5.77. The maximum absolute atomic E-state index is 12.8. The Morgan fingerprint density at radius 2 is 1.79 bits per heavy atom. The molecule has 0 aliphatic carbocycles. The number of nitrogens with zero attached hydrogens (tertiary/aromatic N) is 2. The number of piperazine rings is 1. The zero-order valence-corrected chi connectivity index (χ0v) is 14.5. The van der Waals surface area contributed by atoms with E-state index < -0.39 is 20.2 Å². The summed E-state index contributed by atoms with van der Waals surface area (Å²) in [5, 5.41) is 0. The van der Waals surface area contributed by atoms with Crippen LogP contribution < -0.4 is 4.90 Å². The van der Waals surface area contributed by atoms with Gasteiger partial charge in [0.25, 0.3) is 9.84 Å². The quantitative estimate of drug-likeness (QED) is 0.798. The zero-order valence-electron chi connectivity index (χ0n) is 13.6. The average molecular weight is 366 g/mol. The monoisotopic (exact) mass is 366 g/mol. The number of methoxy groups -OCH3 is 1. The third-order valence-electron chi connectivity index (χ3n) is 4.17. The van der Waals surface area contributed by atoms with Gasteiger partial charge in [-0.2, -0.15) is 13.2 Å². The van der Waals surface area contributed by atoms with Crippen LogP contribution in [0.3, 0.4) is 0 Å². The molecule has 0 N–H and O–H groups in total. The van der Waals surface area contributed by atoms with Gasteiger partial charge in [-0.25, -0.2) is 8.42 Å². The molecule has 0 unspecified atom stereocenters. The van der Waals surface area contributed by atoms with Gasteiger partial charge in [0.1, 0.15) is 0 Å². The summed E-state index contributed by atoms with van der Waals surface area (Å²) in [6.45, 7) is 5.59. The standard InChI is InChI=1S/C15H21F3N2O3S/c1-12-13(20-8-6-19(7-9-20)10-11-23-2)4-3-5-14(12)24(21,22)15(16,17)18/h3-5H,6-11H2,1-2H3. The van der Waals surface area contributed by atoms with Crippen molar-refractivity contribution in [1.29, 1.82) is 0 Å². The molecule has 1 saturated heterocycles. The molecule has 0 radical (unpaired) electrons. The highest BCUT2D eigenvalue weighted by molar-refractivity contribution is 7.92. The van der Waals surface area contributed by atoms with Crippen LogP contribution in [-0.2, 0) is 14.6 Å². The van der Waals surface area contributed by atoms with E-state index in [-0.39, 0.29) is 5.56 Å². The molecule has 1 aromatic carbocycles. The van der Waals surface area contributed by atoms with Crippen molar-refractivity contribution in [3.63, 3.8) is 0 Å². The molecule has 9 heteroatoms. The van der Waals surface area contributed by atoms with E-state index in [2.05, 4.69) is 4.90 Å². The second kappa shape index (κ2) is 7.28. The summed E-state index contributed by atoms with van der Waals surface area (Å²) in [6, 6.07) is 4.03. The molecule has 0 saturated carbocycles. The third kappa shape index (κ3) is 3.84. The zero-order chi connectivity index (χ0) is 18.0. The fourth-order valence-electron chi connectivity index (χ4n) is 2.79. The number of benzene rings is 1. The summed E-state index contributed by atoms with van der Waals surface area (Å²) in [4.78, 5) is 3.45. The average Bonchev–Trinajstić information content (AvgIpc) is 2.52. The first-order chi connectivity index (χ1) is 11.2. The summed E-state index contributed by atoms with van der Waals surface area (Å²) < 4.78 is 66.9. The Labute approximate surface area is 139 Å². The molecule has 1 aliphatic rings. The maximum Gasteiger partial charge on any atom is 0.501 e. The topological polar surface area (TPSA) is 49.9 Å². The normalized spacial score (nSPS) is 17.3. The van der Waals surface area contributed by atoms with E-state index in [1.807, 2.05) is 4.90 Å². The van der Waals surface area contributed by atoms with Crippen LogP contribution in [0.15, 0.2) is 23.1 Å². The Morgan fingerprint density at radius 1 is 1.17 bits per heavy atom. The number of halogens is 3. The van der Waals surface area contributed by atoms with Gasteiger partial charge in [-0.3, -0.25) is 4.90 Å². The van der Waals surface area contributed by atoms with Gasteiger partial charge in [0.2, 0.25) is 0 Å². The molecule has 1 heterocycles. The predicted octanol–water partition coefficient (Wildman–Crippen LogP) is 2.06. The van der Waals surface area contributed by atoms with Gasteiger partial charge in [-0.05, 0) is 24.6 Å². The maximum atomic E-state index is 12.8. The molecule has 5 nitrogen and oxygen atoms in total. The van der Waals surface area contributed by atoms with Crippen molar-refractivity contribution in [2.24, 2.45) is 0 Å². The predicted molar refractivity (Wildman–Crippen MR) is 84.9 cm³/mol. The van der Waals surface area contributed by atoms with Crippen molar-refractivity contribution in [3.05, 3.63) is 23.8 Å². The first-order valence-electron chi connectivity index (χ1n) is 7.55. The largest absolute Gasteiger partial charge is 0.501 e. The molecule has 1 aromatic rings. The number of ether oxygens (including phenoxy) is 1. The van der Waals surface area contributed by atoms with Crippen LogP contribution in [-0.4, -0.2) is 65.3 Å². The van der Waals surface area contributed by atoms with Gasteiger partial charge in [0.05, 0.1) is 11.5 Å². The Hall–Kier alpha value is -1.32. The SMILES string of the molecule is COCCN1CCN(c2cccc(S(=O)(=O)C(F)(F)F)c2C)CC1. The van der Waals surface area contributed by atoms with Crippen LogP contribution >= 0.6 is 0 Å². The summed E-state index contributed by atoms with van der Waals surface area (Å²) in [5.74, 6) is 0. The molecule has 136 valence electrons. The third-order valence-corrected chi connectivity index (χ3v) is 5.81. The van der Waals surface area contributed by atoms with Crippen molar-refractivity contribution in [2.75, 3.05) is 51.3 Å². The van der Waals surface area contributed by atoms with Gasteiger partial charge in [-0.15, -0.1) is 0 Å². The number of hydrogen-bond donors (Lipinski definition) is 0. The van der Waals surface area contributed by atoms with Gasteiger partial charge in [0, 0.05) is 45.5 Å². The van der Waals surface area contributed by atoms with E-state index in [9.17, 15) is 21.6 Å². The highest BCUT2D eigenvalue weighted by atomic mass is 32.2. The lowest BCUT2D eigenvalue weighted by molar-refractivity contribution is -0.0436. The minimum Gasteiger partial charge on any atom is -0.383 e. The van der Waals surface area contributed by atoms with Crippen molar-refractivity contribution in [3.8, 4) is 0 Å². The summed E-state index contributed by atoms with van der Waals surface area (Å²) in [5.41, 5.74) is -4.62. The van der Waals surface area contributed by atoms with Crippen molar-refractivity contribution in [2.45, 2.75) is 17.3 Å². The van der Waals surface area contributed by atoms with E-state index in [0.29, 0.717) is 25.4 Å². The Balaban J connectivity index is 2.21. The lowest BCUT2D eigenvalue weighted by Crippen LogP contribution is -2.47. The molecular weight excluding hydrogens is 345 g/mol. The Morgan fingerprint density at radius 3 is 2.33 bits per heavy atom. The molecule has 2 rings (SSSR count). The molecule has 24 heavy (non-hydrogen) atoms. The van der Waals surface area contributed by atoms with E-state index in [0.717, 1.165) is 25.7 Å². The van der Waals surface area contributed by atoms with Crippen LogP contribution in [0.5, 0.6) is 0 Å². The lowest BCUT2D eigenvalue weighted by atomic mass is 10.1. The van der Waals surface area contributed by atoms with Crippen LogP contribution in [0.2, 0.25) is 0 Å². The van der Waals surface area contributed by atoms with Gasteiger partial charge < -0.3 is 9.64 Å². The second-order valence-corrected chi connectivity index (χ2v) is 7.58. The van der Waals surface area contributed by atoms with Crippen molar-refractivity contribution in [1.82, 2.24) is 4.90 Å². The van der Waals surface area contributed by atoms with E-state index in [1.165, 1.54) is 13.0 Å². The molecule has 0 atom stereocenters. The van der Waals surface area contributed by atoms with Gasteiger partial charge in [-0.1, -0.05) is 6.07 Å². The first-order valence-corrected chi connectivity index (χ1v) is 9.04. The minimum absolute atomic E-state index is 0.139. The Bertz CT molecular complexity index is 669. The fourth-order valence-corrected chi connectivity index (χ4v) is 3.81. The van der Waals surface area contributed by atoms with E-state index >= 15 is 0 Å². The first kappa shape index (κ1) is 19.0. The molecule has 0 amide bonds. The number of alkyl halides is 3. The highest BCUT2D eigenvalue weighted by Gasteiger charge is 2.47. The molecule has 1 aliphatic heterocycles. The second-order valence-electron chi connectivity index (χ2n) is 5.67. The van der Waals surface area contributed by atoms with Gasteiger partial charge >= 0.3 is 5.51 Å². The van der Waals surface area contributed by atoms with Crippen LogP contribution in [0.1, 0.15) is 5.56 Å².